The van der Waals surface area contributed by atoms with Gasteiger partial charge in [0.15, 0.2) is 0 Å². The molecule has 1 saturated heterocycles. The Kier molecular flexibility index (Phi) is 3.31. The number of rotatable bonds is 3. The molecule has 0 N–H and O–H groups in total. The Morgan fingerprint density at radius 2 is 2.47 bits per heavy atom. The summed E-state index contributed by atoms with van der Waals surface area (Å²) in [6, 6.07) is 4.16. The van der Waals surface area contributed by atoms with Gasteiger partial charge in [-0.05, 0) is 37.9 Å². The minimum atomic E-state index is -0.223. The van der Waals surface area contributed by atoms with Gasteiger partial charge in [-0.1, -0.05) is 6.07 Å². The summed E-state index contributed by atoms with van der Waals surface area (Å²) in [4.78, 5) is 6.48. The normalized spacial score (nSPS) is 22.1. The highest BCUT2D eigenvalue weighted by atomic mass is 19.1. The number of hydrogen-bond acceptors (Lipinski definition) is 2. The van der Waals surface area contributed by atoms with Gasteiger partial charge in [0.2, 0.25) is 0 Å². The van der Waals surface area contributed by atoms with Gasteiger partial charge in [0, 0.05) is 24.5 Å². The maximum absolute atomic E-state index is 12.7. The predicted molar refractivity (Wildman–Crippen MR) is 58.4 cm³/mol. The molecule has 2 rings (SSSR count). The average molecular weight is 208 g/mol. The lowest BCUT2D eigenvalue weighted by atomic mass is 10.2. The van der Waals surface area contributed by atoms with Crippen molar-refractivity contribution in [3.63, 3.8) is 0 Å². The molecule has 0 aromatic carbocycles. The highest BCUT2D eigenvalue weighted by molar-refractivity contribution is 5.18. The molecule has 2 nitrogen and oxygen atoms in total. The Hall–Kier alpha value is -0.960. The van der Waals surface area contributed by atoms with E-state index in [9.17, 15) is 4.39 Å². The van der Waals surface area contributed by atoms with E-state index in [1.54, 1.807) is 6.20 Å². The van der Waals surface area contributed by atoms with Gasteiger partial charge in [0.05, 0.1) is 0 Å². The predicted octanol–water partition coefficient (Wildman–Crippen LogP) is 2.32. The summed E-state index contributed by atoms with van der Waals surface area (Å²) >= 11 is 0. The summed E-state index contributed by atoms with van der Waals surface area (Å²) in [5.41, 5.74) is 2.28. The van der Waals surface area contributed by atoms with Crippen molar-refractivity contribution in [2.24, 2.45) is 0 Å². The quantitative estimate of drug-likeness (QED) is 0.758. The highest BCUT2D eigenvalue weighted by Gasteiger charge is 2.24. The first-order valence-electron chi connectivity index (χ1n) is 5.52. The first-order chi connectivity index (χ1) is 7.31. The van der Waals surface area contributed by atoms with Crippen molar-refractivity contribution in [1.29, 1.82) is 0 Å². The number of halogens is 1. The molecule has 0 bridgehead atoms. The summed E-state index contributed by atoms with van der Waals surface area (Å²) in [6.07, 6.45) is 3.92. The standard InChI is InChI=1S/C12H17FN2/c1-10-11(4-2-6-14-10)9-15-7-3-5-12(15)8-13/h2,4,6,12H,3,5,7-9H2,1H3. The molecule has 1 fully saturated rings. The SMILES string of the molecule is Cc1ncccc1CN1CCCC1CF. The molecule has 1 unspecified atom stereocenters. The fourth-order valence-corrected chi connectivity index (χ4v) is 2.18. The van der Waals surface area contributed by atoms with Gasteiger partial charge in [0.25, 0.3) is 0 Å². The Morgan fingerprint density at radius 1 is 1.60 bits per heavy atom. The lowest BCUT2D eigenvalue weighted by Gasteiger charge is -2.22. The van der Waals surface area contributed by atoms with Gasteiger partial charge < -0.3 is 0 Å². The summed E-state index contributed by atoms with van der Waals surface area (Å²) in [5.74, 6) is 0. The summed E-state index contributed by atoms with van der Waals surface area (Å²) < 4.78 is 12.7. The minimum absolute atomic E-state index is 0.129. The first kappa shape index (κ1) is 10.6. The van der Waals surface area contributed by atoms with Crippen LogP contribution in [0.3, 0.4) is 0 Å². The second kappa shape index (κ2) is 4.71. The molecule has 1 aromatic rings. The zero-order valence-electron chi connectivity index (χ0n) is 9.12. The van der Waals surface area contributed by atoms with Crippen molar-refractivity contribution in [2.45, 2.75) is 32.4 Å². The van der Waals surface area contributed by atoms with Crippen LogP contribution in [-0.4, -0.2) is 29.1 Å². The third kappa shape index (κ3) is 2.34. The Bertz CT molecular complexity index is 327. The van der Waals surface area contributed by atoms with Gasteiger partial charge in [-0.3, -0.25) is 9.88 Å². The molecule has 2 heterocycles. The Labute approximate surface area is 90.1 Å². The largest absolute Gasteiger partial charge is 0.293 e. The molecule has 0 saturated carbocycles. The topological polar surface area (TPSA) is 16.1 Å². The zero-order chi connectivity index (χ0) is 10.7. The van der Waals surface area contributed by atoms with Crippen LogP contribution >= 0.6 is 0 Å². The molecule has 82 valence electrons. The number of likely N-dealkylation sites (tertiary alicyclic amines) is 1. The summed E-state index contributed by atoms with van der Waals surface area (Å²) in [6.45, 7) is 3.65. The highest BCUT2D eigenvalue weighted by Crippen LogP contribution is 2.20. The van der Waals surface area contributed by atoms with E-state index in [0.717, 1.165) is 31.6 Å². The maximum atomic E-state index is 12.7. The van der Waals surface area contributed by atoms with Crippen LogP contribution < -0.4 is 0 Å². The van der Waals surface area contributed by atoms with Gasteiger partial charge in [-0.25, -0.2) is 4.39 Å². The van der Waals surface area contributed by atoms with Crippen LogP contribution in [0.5, 0.6) is 0 Å². The van der Waals surface area contributed by atoms with Crippen LogP contribution in [0, 0.1) is 6.92 Å². The zero-order valence-corrected chi connectivity index (χ0v) is 9.12. The van der Waals surface area contributed by atoms with Crippen LogP contribution in [0.15, 0.2) is 18.3 Å². The van der Waals surface area contributed by atoms with Crippen LogP contribution in [0.25, 0.3) is 0 Å². The van der Waals surface area contributed by atoms with Crippen LogP contribution in [-0.2, 0) is 6.54 Å². The van der Waals surface area contributed by atoms with E-state index in [1.165, 1.54) is 5.56 Å². The van der Waals surface area contributed by atoms with Crippen LogP contribution in [0.4, 0.5) is 4.39 Å². The maximum Gasteiger partial charge on any atom is 0.105 e. The number of nitrogens with zero attached hydrogens (tertiary/aromatic N) is 2. The second-order valence-electron chi connectivity index (χ2n) is 4.17. The third-order valence-corrected chi connectivity index (χ3v) is 3.17. The molecule has 0 aliphatic carbocycles. The second-order valence-corrected chi connectivity index (χ2v) is 4.17. The van der Waals surface area contributed by atoms with Crippen LogP contribution in [0.2, 0.25) is 0 Å². The molecule has 0 amide bonds. The average Bonchev–Trinajstić information content (AvgIpc) is 2.69. The van der Waals surface area contributed by atoms with Crippen molar-refractivity contribution >= 4 is 0 Å². The van der Waals surface area contributed by atoms with Gasteiger partial charge >= 0.3 is 0 Å². The van der Waals surface area contributed by atoms with Crippen molar-refractivity contribution in [3.8, 4) is 0 Å². The molecule has 3 heteroatoms. The lowest BCUT2D eigenvalue weighted by Crippen LogP contribution is -2.30. The minimum Gasteiger partial charge on any atom is -0.293 e. The van der Waals surface area contributed by atoms with E-state index < -0.39 is 0 Å². The number of aryl methyl sites for hydroxylation is 1. The van der Waals surface area contributed by atoms with Crippen molar-refractivity contribution < 1.29 is 4.39 Å². The smallest absolute Gasteiger partial charge is 0.105 e. The van der Waals surface area contributed by atoms with Crippen molar-refractivity contribution in [1.82, 2.24) is 9.88 Å². The molecular formula is C12H17FN2. The molecule has 15 heavy (non-hydrogen) atoms. The van der Waals surface area contributed by atoms with Crippen molar-refractivity contribution in [2.75, 3.05) is 13.2 Å². The van der Waals surface area contributed by atoms with Gasteiger partial charge in [0.1, 0.15) is 6.67 Å². The van der Waals surface area contributed by atoms with Crippen LogP contribution in [0.1, 0.15) is 24.1 Å². The number of aromatic nitrogens is 1. The molecule has 1 aliphatic rings. The summed E-state index contributed by atoms with van der Waals surface area (Å²) in [7, 11) is 0. The molecule has 0 spiro atoms. The van der Waals surface area contributed by atoms with Gasteiger partial charge in [-0.2, -0.15) is 0 Å². The van der Waals surface area contributed by atoms with E-state index in [1.807, 2.05) is 13.0 Å². The Balaban J connectivity index is 2.05. The number of pyridine rings is 1. The molecule has 1 aliphatic heterocycles. The molecular weight excluding hydrogens is 191 g/mol. The van der Waals surface area contributed by atoms with E-state index in [-0.39, 0.29) is 12.7 Å². The molecule has 1 aromatic heterocycles. The lowest BCUT2D eigenvalue weighted by molar-refractivity contribution is 0.207. The fourth-order valence-electron chi connectivity index (χ4n) is 2.18. The van der Waals surface area contributed by atoms with E-state index in [2.05, 4.69) is 16.0 Å². The first-order valence-corrected chi connectivity index (χ1v) is 5.52. The number of hydrogen-bond donors (Lipinski definition) is 0. The van der Waals surface area contributed by atoms with E-state index in [0.29, 0.717) is 0 Å². The van der Waals surface area contributed by atoms with Crippen molar-refractivity contribution in [3.05, 3.63) is 29.6 Å². The molecule has 0 radical (unpaired) electrons. The monoisotopic (exact) mass is 208 g/mol. The summed E-state index contributed by atoms with van der Waals surface area (Å²) in [5, 5.41) is 0. The Morgan fingerprint density at radius 3 is 3.20 bits per heavy atom. The van der Waals surface area contributed by atoms with Gasteiger partial charge in [-0.15, -0.1) is 0 Å². The number of alkyl halides is 1. The van der Waals surface area contributed by atoms with E-state index in [4.69, 9.17) is 0 Å². The fraction of sp³-hybridized carbons (Fsp3) is 0.583. The van der Waals surface area contributed by atoms with E-state index >= 15 is 0 Å². The molecule has 1 atom stereocenters. The third-order valence-electron chi connectivity index (χ3n) is 3.17.